The molecule has 3 aliphatic rings. The standard InChI is InChI=1S/C32H47N3O5S2/c1-24-21-27(39-5)22-25(2)30(24)42(37,38)35(26-8-9-26)18-19-40-23-29(36)34-16-14-31(15-17-34)10-12-32(13-11-31,33(3)4)28-7-6-20-41-28/h6-7,20-22,26H,8-19,23H2,1-5H3. The Morgan fingerprint density at radius 1 is 1.05 bits per heavy atom. The van der Waals surface area contributed by atoms with Crippen LogP contribution in [0.3, 0.4) is 0 Å². The van der Waals surface area contributed by atoms with E-state index in [9.17, 15) is 13.2 Å². The lowest BCUT2D eigenvalue weighted by Crippen LogP contribution is -2.50. The third-order valence-electron chi connectivity index (χ3n) is 10.0. The van der Waals surface area contributed by atoms with Gasteiger partial charge in [0.25, 0.3) is 0 Å². The first-order chi connectivity index (χ1) is 20.0. The Hall–Kier alpha value is -1.98. The summed E-state index contributed by atoms with van der Waals surface area (Å²) >= 11 is 1.87. The van der Waals surface area contributed by atoms with Crippen molar-refractivity contribution in [2.75, 3.05) is 54.1 Å². The molecule has 5 rings (SSSR count). The Labute approximate surface area is 256 Å². The summed E-state index contributed by atoms with van der Waals surface area (Å²) < 4.78 is 40.0. The second-order valence-corrected chi connectivity index (χ2v) is 15.5. The lowest BCUT2D eigenvalue weighted by atomic mass is 9.62. The largest absolute Gasteiger partial charge is 0.497 e. The van der Waals surface area contributed by atoms with Crippen molar-refractivity contribution in [3.8, 4) is 5.75 Å². The number of thiophene rings is 1. The van der Waals surface area contributed by atoms with E-state index < -0.39 is 10.0 Å². The summed E-state index contributed by atoms with van der Waals surface area (Å²) in [6.07, 6.45) is 8.50. The number of carbonyl (C=O) groups is 1. The number of sulfonamides is 1. The Balaban J connectivity index is 1.11. The smallest absolute Gasteiger partial charge is 0.248 e. The van der Waals surface area contributed by atoms with Crippen molar-refractivity contribution >= 4 is 27.3 Å². The van der Waals surface area contributed by atoms with Gasteiger partial charge in [-0.2, -0.15) is 4.31 Å². The average Bonchev–Trinajstić information content (AvgIpc) is 3.63. The van der Waals surface area contributed by atoms with Crippen LogP contribution in [0, 0.1) is 19.3 Å². The zero-order valence-electron chi connectivity index (χ0n) is 25.9. The van der Waals surface area contributed by atoms with E-state index in [-0.39, 0.29) is 37.2 Å². The number of nitrogens with zero attached hydrogens (tertiary/aromatic N) is 3. The van der Waals surface area contributed by atoms with Crippen molar-refractivity contribution in [1.82, 2.24) is 14.1 Å². The van der Waals surface area contributed by atoms with Gasteiger partial charge in [-0.25, -0.2) is 8.42 Å². The molecule has 1 amide bonds. The molecular formula is C32H47N3O5S2. The van der Waals surface area contributed by atoms with Gasteiger partial charge in [-0.3, -0.25) is 9.69 Å². The molecule has 0 bridgehead atoms. The summed E-state index contributed by atoms with van der Waals surface area (Å²) in [5, 5.41) is 2.18. The molecule has 2 aromatic rings. The summed E-state index contributed by atoms with van der Waals surface area (Å²) in [5.74, 6) is 0.653. The lowest BCUT2D eigenvalue weighted by Gasteiger charge is -2.52. The van der Waals surface area contributed by atoms with Crippen LogP contribution in [0.2, 0.25) is 0 Å². The number of ether oxygens (including phenoxy) is 2. The zero-order chi connectivity index (χ0) is 30.1. The number of benzene rings is 1. The van der Waals surface area contributed by atoms with Crippen LogP contribution in [-0.2, 0) is 25.1 Å². The van der Waals surface area contributed by atoms with E-state index in [0.29, 0.717) is 27.2 Å². The Morgan fingerprint density at radius 3 is 2.21 bits per heavy atom. The van der Waals surface area contributed by atoms with E-state index in [1.807, 2.05) is 16.2 Å². The Morgan fingerprint density at radius 2 is 1.69 bits per heavy atom. The number of methoxy groups -OCH3 is 1. The number of piperidine rings is 1. The molecule has 1 aliphatic heterocycles. The molecule has 2 aliphatic carbocycles. The number of carbonyl (C=O) groups excluding carboxylic acids is 1. The molecule has 2 heterocycles. The number of likely N-dealkylation sites (tertiary alicyclic amines) is 1. The van der Waals surface area contributed by atoms with Crippen LogP contribution in [0.5, 0.6) is 5.75 Å². The van der Waals surface area contributed by atoms with Gasteiger partial charge in [-0.1, -0.05) is 6.07 Å². The van der Waals surface area contributed by atoms with Crippen molar-refractivity contribution in [3.05, 3.63) is 45.6 Å². The number of rotatable bonds is 11. The van der Waals surface area contributed by atoms with Gasteiger partial charge in [0.1, 0.15) is 12.4 Å². The van der Waals surface area contributed by atoms with Crippen LogP contribution in [0.15, 0.2) is 34.5 Å². The molecule has 232 valence electrons. The van der Waals surface area contributed by atoms with Crippen LogP contribution in [0.4, 0.5) is 0 Å². The maximum atomic E-state index is 13.7. The monoisotopic (exact) mass is 617 g/mol. The quantitative estimate of drug-likeness (QED) is 0.323. The van der Waals surface area contributed by atoms with Gasteiger partial charge < -0.3 is 14.4 Å². The number of aryl methyl sites for hydroxylation is 2. The summed E-state index contributed by atoms with van der Waals surface area (Å²) in [4.78, 5) is 19.2. The van der Waals surface area contributed by atoms with Gasteiger partial charge in [-0.15, -0.1) is 11.3 Å². The predicted octanol–water partition coefficient (Wildman–Crippen LogP) is 5.18. The van der Waals surface area contributed by atoms with E-state index in [1.54, 1.807) is 37.4 Å². The van der Waals surface area contributed by atoms with Crippen molar-refractivity contribution in [2.24, 2.45) is 5.41 Å². The first kappa shape index (κ1) is 31.4. The van der Waals surface area contributed by atoms with Gasteiger partial charge in [0.05, 0.1) is 24.2 Å². The molecule has 1 aromatic carbocycles. The topological polar surface area (TPSA) is 79.4 Å². The minimum atomic E-state index is -3.69. The maximum Gasteiger partial charge on any atom is 0.248 e. The average molecular weight is 618 g/mol. The highest BCUT2D eigenvalue weighted by Crippen LogP contribution is 2.53. The van der Waals surface area contributed by atoms with Gasteiger partial charge in [-0.05, 0) is 119 Å². The molecule has 0 N–H and O–H groups in total. The molecule has 1 saturated heterocycles. The van der Waals surface area contributed by atoms with Gasteiger partial charge in [0, 0.05) is 30.6 Å². The number of amides is 1. The summed E-state index contributed by atoms with van der Waals surface area (Å²) in [5.41, 5.74) is 1.81. The SMILES string of the molecule is COc1cc(C)c(S(=O)(=O)N(CCOCC(=O)N2CCC3(CC2)CCC(c2cccs2)(N(C)C)CC3)C2CC2)c(C)c1. The first-order valence-corrected chi connectivity index (χ1v) is 17.6. The number of hydrogen-bond donors (Lipinski definition) is 0. The van der Waals surface area contributed by atoms with Crippen molar-refractivity contribution in [1.29, 1.82) is 0 Å². The first-order valence-electron chi connectivity index (χ1n) is 15.3. The van der Waals surface area contributed by atoms with Gasteiger partial charge >= 0.3 is 0 Å². The van der Waals surface area contributed by atoms with Crippen LogP contribution in [0.1, 0.15) is 67.4 Å². The van der Waals surface area contributed by atoms with E-state index in [4.69, 9.17) is 9.47 Å². The van der Waals surface area contributed by atoms with E-state index >= 15 is 0 Å². The van der Waals surface area contributed by atoms with Crippen molar-refractivity contribution < 1.29 is 22.7 Å². The fourth-order valence-corrected chi connectivity index (χ4v) is 10.4. The molecule has 2 saturated carbocycles. The molecule has 10 heteroatoms. The minimum absolute atomic E-state index is 0.00422. The lowest BCUT2D eigenvalue weighted by molar-refractivity contribution is -0.139. The van der Waals surface area contributed by atoms with E-state index in [1.165, 1.54) is 17.7 Å². The van der Waals surface area contributed by atoms with Crippen LogP contribution >= 0.6 is 11.3 Å². The minimum Gasteiger partial charge on any atom is -0.497 e. The van der Waals surface area contributed by atoms with Gasteiger partial charge in [0.15, 0.2) is 0 Å². The summed E-state index contributed by atoms with van der Waals surface area (Å²) in [6, 6.07) is 7.96. The van der Waals surface area contributed by atoms with Crippen LogP contribution < -0.4 is 4.74 Å². The second kappa shape index (κ2) is 12.6. The van der Waals surface area contributed by atoms with Crippen LogP contribution in [0.25, 0.3) is 0 Å². The van der Waals surface area contributed by atoms with E-state index in [2.05, 4.69) is 36.5 Å². The van der Waals surface area contributed by atoms with Crippen LogP contribution in [-0.4, -0.2) is 88.5 Å². The maximum absolute atomic E-state index is 13.7. The summed E-state index contributed by atoms with van der Waals surface area (Å²) in [6.45, 7) is 5.59. The molecule has 3 fully saturated rings. The zero-order valence-corrected chi connectivity index (χ0v) is 27.5. The highest BCUT2D eigenvalue weighted by molar-refractivity contribution is 7.89. The highest BCUT2D eigenvalue weighted by Gasteiger charge is 2.47. The van der Waals surface area contributed by atoms with Gasteiger partial charge in [0.2, 0.25) is 15.9 Å². The second-order valence-electron chi connectivity index (χ2n) is 12.8. The Kier molecular flexibility index (Phi) is 9.40. The Bertz CT molecular complexity index is 1310. The fraction of sp³-hybridized carbons (Fsp3) is 0.656. The highest BCUT2D eigenvalue weighted by atomic mass is 32.2. The molecule has 0 radical (unpaired) electrons. The third kappa shape index (κ3) is 6.29. The predicted molar refractivity (Wildman–Crippen MR) is 167 cm³/mol. The molecule has 0 atom stereocenters. The molecular weight excluding hydrogens is 571 g/mol. The molecule has 8 nitrogen and oxygen atoms in total. The summed E-state index contributed by atoms with van der Waals surface area (Å²) in [7, 11) is 2.31. The molecule has 1 spiro atoms. The molecule has 0 unspecified atom stereocenters. The van der Waals surface area contributed by atoms with E-state index in [0.717, 1.165) is 51.6 Å². The van der Waals surface area contributed by atoms with Crippen molar-refractivity contribution in [3.63, 3.8) is 0 Å². The molecule has 1 aromatic heterocycles. The fourth-order valence-electron chi connectivity index (χ4n) is 7.20. The molecule has 42 heavy (non-hydrogen) atoms. The third-order valence-corrected chi connectivity index (χ3v) is 13.3. The number of hydrogen-bond acceptors (Lipinski definition) is 7. The normalized spacial score (nSPS) is 20.4. The van der Waals surface area contributed by atoms with Crippen molar-refractivity contribution in [2.45, 2.75) is 81.7 Å².